The smallest absolute Gasteiger partial charge is 0.410 e. The summed E-state index contributed by atoms with van der Waals surface area (Å²) < 4.78 is 21.4. The summed E-state index contributed by atoms with van der Waals surface area (Å²) >= 11 is 0. The normalized spacial score (nSPS) is 16.8. The van der Waals surface area contributed by atoms with Crippen LogP contribution in [0.25, 0.3) is 0 Å². The van der Waals surface area contributed by atoms with Crippen molar-refractivity contribution in [3.63, 3.8) is 0 Å². The standard InChI is InChI=1S/C37H58N4O10/c1-7-50-33(43)23-29(28-12-13-30(48-5)31(22-28)49-6)39-32(42)24-38-34(44)27(10-8-25-14-18-40(19-15-25)35(45)46)11-9-26-16-20-41(21-17-26)36(47)51-37(2,3)4/h12-13,22,25-27,29H,7-11,14-21,23-24H2,1-6H3,(H,38,44)(H,39,42)(H,45,46). The highest BCUT2D eigenvalue weighted by Gasteiger charge is 2.30. The molecule has 14 heteroatoms. The Bertz CT molecular complexity index is 1320. The Morgan fingerprint density at radius 1 is 0.882 bits per heavy atom. The van der Waals surface area contributed by atoms with Crippen LogP contribution in [-0.4, -0.2) is 104 Å². The number of ether oxygens (including phenoxy) is 4. The fraction of sp³-hybridized carbons (Fsp3) is 0.703. The van der Waals surface area contributed by atoms with Crippen LogP contribution in [0.1, 0.15) is 97.1 Å². The number of likely N-dealkylation sites (tertiary alicyclic amines) is 2. The van der Waals surface area contributed by atoms with Crippen LogP contribution in [0.3, 0.4) is 0 Å². The number of nitrogens with zero attached hydrogens (tertiary/aromatic N) is 2. The maximum atomic E-state index is 13.6. The molecule has 14 nitrogen and oxygen atoms in total. The molecule has 51 heavy (non-hydrogen) atoms. The van der Waals surface area contributed by atoms with E-state index < -0.39 is 29.6 Å². The molecule has 4 amide bonds. The summed E-state index contributed by atoms with van der Waals surface area (Å²) in [6, 6.07) is 4.39. The van der Waals surface area contributed by atoms with Gasteiger partial charge in [0.2, 0.25) is 11.8 Å². The maximum Gasteiger partial charge on any atom is 0.410 e. The summed E-state index contributed by atoms with van der Waals surface area (Å²) in [5, 5.41) is 15.0. The first-order valence-electron chi connectivity index (χ1n) is 18.1. The molecule has 2 aliphatic heterocycles. The Morgan fingerprint density at radius 3 is 1.96 bits per heavy atom. The zero-order chi connectivity index (χ0) is 37.6. The highest BCUT2D eigenvalue weighted by Crippen LogP contribution is 2.32. The number of benzene rings is 1. The van der Waals surface area contributed by atoms with Crippen molar-refractivity contribution in [3.8, 4) is 11.5 Å². The molecule has 0 saturated carbocycles. The van der Waals surface area contributed by atoms with Gasteiger partial charge in [0.25, 0.3) is 0 Å². The third-order valence-corrected chi connectivity index (χ3v) is 9.61. The van der Waals surface area contributed by atoms with Crippen LogP contribution in [0.2, 0.25) is 0 Å². The van der Waals surface area contributed by atoms with Gasteiger partial charge in [-0.25, -0.2) is 9.59 Å². The number of piperidine rings is 2. The van der Waals surface area contributed by atoms with Gasteiger partial charge in [-0.15, -0.1) is 0 Å². The van der Waals surface area contributed by atoms with Crippen LogP contribution < -0.4 is 20.1 Å². The van der Waals surface area contributed by atoms with E-state index in [1.54, 1.807) is 30.0 Å². The molecule has 286 valence electrons. The predicted octanol–water partition coefficient (Wildman–Crippen LogP) is 5.14. The maximum absolute atomic E-state index is 13.6. The minimum Gasteiger partial charge on any atom is -0.493 e. The Balaban J connectivity index is 1.62. The summed E-state index contributed by atoms with van der Waals surface area (Å²) in [7, 11) is 3.02. The quantitative estimate of drug-likeness (QED) is 0.194. The Hall–Kier alpha value is -4.23. The number of nitrogens with one attached hydrogen (secondary N) is 2. The first-order chi connectivity index (χ1) is 24.2. The average molecular weight is 719 g/mol. The van der Waals surface area contributed by atoms with E-state index in [0.29, 0.717) is 67.9 Å². The Kier molecular flexibility index (Phi) is 16.1. The molecule has 0 aromatic heterocycles. The van der Waals surface area contributed by atoms with Crippen molar-refractivity contribution < 1.29 is 48.0 Å². The lowest BCUT2D eigenvalue weighted by Crippen LogP contribution is -2.42. The number of hydrogen-bond acceptors (Lipinski definition) is 9. The largest absolute Gasteiger partial charge is 0.493 e. The zero-order valence-electron chi connectivity index (χ0n) is 31.2. The molecule has 0 spiro atoms. The summed E-state index contributed by atoms with van der Waals surface area (Å²) in [4.78, 5) is 66.3. The van der Waals surface area contributed by atoms with Gasteiger partial charge in [-0.1, -0.05) is 6.07 Å². The summed E-state index contributed by atoms with van der Waals surface area (Å²) in [5.41, 5.74) is 0.0608. The molecule has 2 fully saturated rings. The SMILES string of the molecule is CCOC(=O)CC(NC(=O)CNC(=O)C(CCC1CCN(C(=O)O)CC1)CCC1CCN(C(=O)OC(C)(C)C)CC1)c1ccc(OC)c(OC)c1. The lowest BCUT2D eigenvalue weighted by atomic mass is 9.84. The van der Waals surface area contributed by atoms with Gasteiger partial charge in [0, 0.05) is 32.1 Å². The van der Waals surface area contributed by atoms with Crippen molar-refractivity contribution >= 4 is 30.0 Å². The second kappa shape index (κ2) is 20.0. The monoisotopic (exact) mass is 718 g/mol. The fourth-order valence-corrected chi connectivity index (χ4v) is 6.69. The molecule has 3 rings (SSSR count). The van der Waals surface area contributed by atoms with E-state index in [1.165, 1.54) is 19.1 Å². The molecule has 2 heterocycles. The molecular formula is C37H58N4O10. The molecular weight excluding hydrogens is 660 g/mol. The van der Waals surface area contributed by atoms with Crippen molar-refractivity contribution in [1.29, 1.82) is 0 Å². The summed E-state index contributed by atoms with van der Waals surface area (Å²) in [5.74, 6) is 0.134. The Labute approximate surface area is 301 Å². The Morgan fingerprint density at radius 2 is 1.45 bits per heavy atom. The molecule has 0 bridgehead atoms. The number of carbonyl (C=O) groups is 5. The molecule has 2 unspecified atom stereocenters. The van der Waals surface area contributed by atoms with Gasteiger partial charge in [-0.3, -0.25) is 14.4 Å². The summed E-state index contributed by atoms with van der Waals surface area (Å²) in [6.07, 6.45) is 4.68. The van der Waals surface area contributed by atoms with Crippen LogP contribution >= 0.6 is 0 Å². The number of hydrogen-bond donors (Lipinski definition) is 3. The summed E-state index contributed by atoms with van der Waals surface area (Å²) in [6.45, 7) is 9.36. The van der Waals surface area contributed by atoms with Crippen molar-refractivity contribution in [3.05, 3.63) is 23.8 Å². The second-order valence-corrected chi connectivity index (χ2v) is 14.4. The van der Waals surface area contributed by atoms with Crippen LogP contribution in [0, 0.1) is 17.8 Å². The van der Waals surface area contributed by atoms with E-state index >= 15 is 0 Å². The van der Waals surface area contributed by atoms with Gasteiger partial charge < -0.3 is 44.5 Å². The lowest BCUT2D eigenvalue weighted by molar-refractivity contribution is -0.144. The molecule has 3 N–H and O–H groups in total. The van der Waals surface area contributed by atoms with Crippen LogP contribution in [-0.2, 0) is 23.9 Å². The van der Waals surface area contributed by atoms with Crippen molar-refractivity contribution in [1.82, 2.24) is 20.4 Å². The van der Waals surface area contributed by atoms with E-state index in [1.807, 2.05) is 20.8 Å². The first kappa shape index (κ1) is 41.2. The van der Waals surface area contributed by atoms with E-state index in [4.69, 9.17) is 18.9 Å². The number of amides is 4. The van der Waals surface area contributed by atoms with Gasteiger partial charge in [0.05, 0.1) is 39.8 Å². The minimum absolute atomic E-state index is 0.112. The van der Waals surface area contributed by atoms with Gasteiger partial charge >= 0.3 is 18.2 Å². The lowest BCUT2D eigenvalue weighted by Gasteiger charge is -2.34. The average Bonchev–Trinajstić information content (AvgIpc) is 3.09. The highest BCUT2D eigenvalue weighted by atomic mass is 16.6. The fourth-order valence-electron chi connectivity index (χ4n) is 6.69. The second-order valence-electron chi connectivity index (χ2n) is 14.4. The molecule has 0 aliphatic carbocycles. The van der Waals surface area contributed by atoms with Gasteiger partial charge in [-0.2, -0.15) is 0 Å². The van der Waals surface area contributed by atoms with Gasteiger partial charge in [-0.05, 0) is 109 Å². The van der Waals surface area contributed by atoms with E-state index in [9.17, 15) is 29.1 Å². The number of esters is 1. The first-order valence-corrected chi connectivity index (χ1v) is 18.1. The minimum atomic E-state index is -0.905. The van der Waals surface area contributed by atoms with Gasteiger partial charge in [0.1, 0.15) is 5.60 Å². The predicted molar refractivity (Wildman–Crippen MR) is 190 cm³/mol. The number of methoxy groups -OCH3 is 2. The van der Waals surface area contributed by atoms with E-state index in [2.05, 4.69) is 10.6 Å². The van der Waals surface area contributed by atoms with E-state index in [0.717, 1.165) is 38.5 Å². The topological polar surface area (TPSA) is 173 Å². The molecule has 1 aromatic carbocycles. The van der Waals surface area contributed by atoms with Crippen molar-refractivity contribution in [2.45, 2.75) is 97.1 Å². The van der Waals surface area contributed by atoms with E-state index in [-0.39, 0.29) is 37.5 Å². The third-order valence-electron chi connectivity index (χ3n) is 9.61. The molecule has 2 atom stereocenters. The van der Waals surface area contributed by atoms with Crippen molar-refractivity contribution in [2.75, 3.05) is 53.6 Å². The van der Waals surface area contributed by atoms with Crippen LogP contribution in [0.15, 0.2) is 18.2 Å². The van der Waals surface area contributed by atoms with Gasteiger partial charge in [0.15, 0.2) is 11.5 Å². The molecule has 1 aromatic rings. The highest BCUT2D eigenvalue weighted by molar-refractivity contribution is 5.86. The number of carbonyl (C=O) groups excluding carboxylic acids is 4. The molecule has 2 aliphatic rings. The molecule has 0 radical (unpaired) electrons. The van der Waals surface area contributed by atoms with Crippen molar-refractivity contribution in [2.24, 2.45) is 17.8 Å². The van der Waals surface area contributed by atoms with Crippen LogP contribution in [0.5, 0.6) is 11.5 Å². The number of carboxylic acid groups (broad SMARTS) is 1. The number of rotatable bonds is 16. The third kappa shape index (κ3) is 13.8. The van der Waals surface area contributed by atoms with Crippen LogP contribution in [0.4, 0.5) is 9.59 Å². The zero-order valence-corrected chi connectivity index (χ0v) is 31.2. The molecule has 2 saturated heterocycles.